The average molecular weight is 379 g/mol. The van der Waals surface area contributed by atoms with Gasteiger partial charge in [0.1, 0.15) is 0 Å². The highest BCUT2D eigenvalue weighted by atomic mass is 16.2. The van der Waals surface area contributed by atoms with Crippen molar-refractivity contribution in [3.05, 3.63) is 56.2 Å². The molecule has 3 heterocycles. The molecule has 1 fully saturated rings. The summed E-state index contributed by atoms with van der Waals surface area (Å²) in [5.74, 6) is 0.579. The number of nitrogens with two attached hydrogens (primary N) is 1. The quantitative estimate of drug-likeness (QED) is 0.680. The SMILES string of the molecule is C[C@@H](c1ccccc1C#N)n1c(N2CCC(N)C2)nc2c1c(=O)[nH]c(=O)n2C. The number of nitrogens with one attached hydrogen (secondary N) is 1. The number of hydrogen-bond acceptors (Lipinski definition) is 6. The molecule has 0 saturated carbocycles. The maximum Gasteiger partial charge on any atom is 0.329 e. The molecule has 0 amide bonds. The van der Waals surface area contributed by atoms with Gasteiger partial charge in [0, 0.05) is 26.2 Å². The molecule has 1 unspecified atom stereocenters. The lowest BCUT2D eigenvalue weighted by molar-refractivity contribution is 0.640. The number of hydrogen-bond donors (Lipinski definition) is 2. The van der Waals surface area contributed by atoms with E-state index in [0.29, 0.717) is 35.8 Å². The van der Waals surface area contributed by atoms with Crippen molar-refractivity contribution in [2.75, 3.05) is 18.0 Å². The number of anilines is 1. The molecular weight excluding hydrogens is 358 g/mol. The van der Waals surface area contributed by atoms with Crippen LogP contribution in [0, 0.1) is 11.3 Å². The largest absolute Gasteiger partial charge is 0.341 e. The molecule has 3 aromatic rings. The van der Waals surface area contributed by atoms with E-state index in [0.717, 1.165) is 12.0 Å². The molecule has 4 rings (SSSR count). The second-order valence-electron chi connectivity index (χ2n) is 7.14. The van der Waals surface area contributed by atoms with Gasteiger partial charge in [-0.2, -0.15) is 10.2 Å². The third-order valence-corrected chi connectivity index (χ3v) is 5.36. The molecule has 1 aromatic carbocycles. The fourth-order valence-electron chi connectivity index (χ4n) is 3.85. The molecule has 1 aliphatic heterocycles. The van der Waals surface area contributed by atoms with Crippen LogP contribution in [-0.2, 0) is 7.05 Å². The maximum absolute atomic E-state index is 12.7. The molecule has 0 bridgehead atoms. The van der Waals surface area contributed by atoms with Crippen LogP contribution >= 0.6 is 0 Å². The second-order valence-corrected chi connectivity index (χ2v) is 7.14. The highest BCUT2D eigenvalue weighted by Crippen LogP contribution is 2.31. The van der Waals surface area contributed by atoms with E-state index in [1.165, 1.54) is 4.57 Å². The van der Waals surface area contributed by atoms with Crippen LogP contribution in [0.4, 0.5) is 5.95 Å². The minimum atomic E-state index is -0.517. The summed E-state index contributed by atoms with van der Waals surface area (Å²) in [4.78, 5) is 33.8. The fraction of sp³-hybridized carbons (Fsp3) is 0.368. The minimum Gasteiger partial charge on any atom is -0.341 e. The molecule has 2 atom stereocenters. The molecule has 9 heteroatoms. The molecule has 144 valence electrons. The number of rotatable bonds is 3. The number of H-pyrrole nitrogens is 1. The van der Waals surface area contributed by atoms with Crippen LogP contribution in [0.5, 0.6) is 0 Å². The van der Waals surface area contributed by atoms with E-state index in [4.69, 9.17) is 5.73 Å². The smallest absolute Gasteiger partial charge is 0.329 e. The summed E-state index contributed by atoms with van der Waals surface area (Å²) < 4.78 is 3.14. The zero-order valence-corrected chi connectivity index (χ0v) is 15.7. The summed E-state index contributed by atoms with van der Waals surface area (Å²) in [5.41, 5.74) is 6.99. The van der Waals surface area contributed by atoms with Crippen LogP contribution in [0.1, 0.15) is 30.5 Å². The van der Waals surface area contributed by atoms with Crippen molar-refractivity contribution >= 4 is 17.1 Å². The first-order valence-corrected chi connectivity index (χ1v) is 9.13. The summed E-state index contributed by atoms with van der Waals surface area (Å²) in [6, 6.07) is 9.17. The van der Waals surface area contributed by atoms with Gasteiger partial charge in [0.15, 0.2) is 11.2 Å². The van der Waals surface area contributed by atoms with Gasteiger partial charge in [-0.3, -0.25) is 18.9 Å². The van der Waals surface area contributed by atoms with Gasteiger partial charge in [0.25, 0.3) is 5.56 Å². The van der Waals surface area contributed by atoms with E-state index >= 15 is 0 Å². The van der Waals surface area contributed by atoms with Gasteiger partial charge < -0.3 is 10.6 Å². The van der Waals surface area contributed by atoms with Crippen LogP contribution < -0.4 is 21.9 Å². The summed E-state index contributed by atoms with van der Waals surface area (Å²) >= 11 is 0. The Bertz CT molecular complexity index is 1210. The third-order valence-electron chi connectivity index (χ3n) is 5.36. The molecule has 3 N–H and O–H groups in total. The fourth-order valence-corrected chi connectivity index (χ4v) is 3.85. The van der Waals surface area contributed by atoms with Crippen LogP contribution in [-0.4, -0.2) is 38.2 Å². The molecule has 2 aromatic heterocycles. The van der Waals surface area contributed by atoms with Crippen molar-refractivity contribution in [3.8, 4) is 6.07 Å². The molecule has 0 aliphatic carbocycles. The predicted octanol–water partition coefficient (Wildman–Crippen LogP) is 0.442. The number of fused-ring (bicyclic) bond motifs is 1. The van der Waals surface area contributed by atoms with Gasteiger partial charge in [-0.05, 0) is 25.0 Å². The normalized spacial score (nSPS) is 17.8. The van der Waals surface area contributed by atoms with Crippen molar-refractivity contribution in [1.29, 1.82) is 5.26 Å². The van der Waals surface area contributed by atoms with Gasteiger partial charge in [-0.1, -0.05) is 18.2 Å². The van der Waals surface area contributed by atoms with Crippen molar-refractivity contribution in [1.82, 2.24) is 19.1 Å². The Hall–Kier alpha value is -3.38. The first-order chi connectivity index (χ1) is 13.4. The molecular formula is C19H21N7O2. The average Bonchev–Trinajstić information content (AvgIpc) is 3.29. The second kappa shape index (κ2) is 6.65. The predicted molar refractivity (Wildman–Crippen MR) is 105 cm³/mol. The number of nitrogens with zero attached hydrogens (tertiary/aromatic N) is 5. The molecule has 9 nitrogen and oxygen atoms in total. The summed E-state index contributed by atoms with van der Waals surface area (Å²) in [5, 5.41) is 9.51. The molecule has 28 heavy (non-hydrogen) atoms. The Morgan fingerprint density at radius 1 is 1.36 bits per heavy atom. The van der Waals surface area contributed by atoms with Crippen LogP contribution in [0.15, 0.2) is 33.9 Å². The molecule has 1 aliphatic rings. The highest BCUT2D eigenvalue weighted by Gasteiger charge is 2.29. The number of aromatic nitrogens is 4. The lowest BCUT2D eigenvalue weighted by Crippen LogP contribution is -2.31. The Labute approximate surface area is 160 Å². The van der Waals surface area contributed by atoms with Crippen LogP contribution in [0.25, 0.3) is 11.2 Å². The van der Waals surface area contributed by atoms with E-state index in [1.807, 2.05) is 28.5 Å². The topological polar surface area (TPSA) is 126 Å². The monoisotopic (exact) mass is 379 g/mol. The van der Waals surface area contributed by atoms with Crippen molar-refractivity contribution in [2.24, 2.45) is 12.8 Å². The van der Waals surface area contributed by atoms with Crippen molar-refractivity contribution in [3.63, 3.8) is 0 Å². The van der Waals surface area contributed by atoms with Gasteiger partial charge in [0.05, 0.1) is 17.7 Å². The maximum atomic E-state index is 12.7. The lowest BCUT2D eigenvalue weighted by Gasteiger charge is -2.23. The van der Waals surface area contributed by atoms with E-state index < -0.39 is 11.2 Å². The van der Waals surface area contributed by atoms with Gasteiger partial charge in [-0.15, -0.1) is 0 Å². The molecule has 0 radical (unpaired) electrons. The Kier molecular flexibility index (Phi) is 4.28. The van der Waals surface area contributed by atoms with Crippen molar-refractivity contribution in [2.45, 2.75) is 25.4 Å². The van der Waals surface area contributed by atoms with Gasteiger partial charge >= 0.3 is 5.69 Å². The van der Waals surface area contributed by atoms with Crippen molar-refractivity contribution < 1.29 is 0 Å². The van der Waals surface area contributed by atoms with E-state index in [2.05, 4.69) is 16.0 Å². The first kappa shape index (κ1) is 18.0. The number of aryl methyl sites for hydroxylation is 1. The number of nitriles is 1. The van der Waals surface area contributed by atoms with Crippen LogP contribution in [0.2, 0.25) is 0 Å². The first-order valence-electron chi connectivity index (χ1n) is 9.13. The Morgan fingerprint density at radius 3 is 2.79 bits per heavy atom. The van der Waals surface area contributed by atoms with E-state index in [9.17, 15) is 14.9 Å². The highest BCUT2D eigenvalue weighted by molar-refractivity contribution is 5.75. The summed E-state index contributed by atoms with van der Waals surface area (Å²) in [6.07, 6.45) is 0.821. The lowest BCUT2D eigenvalue weighted by atomic mass is 10.0. The Morgan fingerprint density at radius 2 is 2.11 bits per heavy atom. The summed E-state index contributed by atoms with van der Waals surface area (Å²) in [7, 11) is 1.57. The number of aromatic amines is 1. The summed E-state index contributed by atoms with van der Waals surface area (Å²) in [6.45, 7) is 3.24. The van der Waals surface area contributed by atoms with Crippen LogP contribution in [0.3, 0.4) is 0 Å². The standard InChI is InChI=1S/C19H21N7O2/c1-11(14-6-4-3-5-12(14)9-20)26-15-16(24(2)19(28)23-17(15)27)22-18(26)25-8-7-13(21)10-25/h3-6,11,13H,7-8,10,21H2,1-2H3,(H,23,27,28)/t11-,13?/m0/s1. The third kappa shape index (κ3) is 2.70. The Balaban J connectivity index is 2.03. The van der Waals surface area contributed by atoms with E-state index in [1.54, 1.807) is 19.2 Å². The molecule has 1 saturated heterocycles. The number of imidazole rings is 1. The van der Waals surface area contributed by atoms with E-state index in [-0.39, 0.29) is 12.1 Å². The molecule has 0 spiro atoms. The zero-order chi connectivity index (χ0) is 20.0. The minimum absolute atomic E-state index is 0.0251. The number of benzene rings is 1. The van der Waals surface area contributed by atoms with Gasteiger partial charge in [0.2, 0.25) is 5.95 Å². The van der Waals surface area contributed by atoms with Gasteiger partial charge in [-0.25, -0.2) is 4.79 Å². The zero-order valence-electron chi connectivity index (χ0n) is 15.7.